The van der Waals surface area contributed by atoms with Crippen molar-refractivity contribution in [3.05, 3.63) is 35.9 Å². The molecule has 0 unspecified atom stereocenters. The summed E-state index contributed by atoms with van der Waals surface area (Å²) in [6.45, 7) is 7.31. The number of hydrogen-bond donors (Lipinski definition) is 3. The van der Waals surface area contributed by atoms with E-state index >= 15 is 0 Å². The second-order valence-electron chi connectivity index (χ2n) is 12.7. The second-order valence-corrected chi connectivity index (χ2v) is 12.7. The molecule has 1 aliphatic carbocycles. The van der Waals surface area contributed by atoms with Crippen LogP contribution in [-0.4, -0.2) is 78.6 Å². The molecular formula is C30H40N6O6. The van der Waals surface area contributed by atoms with Gasteiger partial charge in [-0.15, -0.1) is 0 Å². The lowest BCUT2D eigenvalue weighted by Gasteiger charge is -2.30. The monoisotopic (exact) mass is 580 g/mol. The summed E-state index contributed by atoms with van der Waals surface area (Å²) in [5.74, 6) is -2.36. The van der Waals surface area contributed by atoms with Gasteiger partial charge in [0.2, 0.25) is 11.8 Å². The van der Waals surface area contributed by atoms with E-state index in [0.29, 0.717) is 24.8 Å². The van der Waals surface area contributed by atoms with Gasteiger partial charge in [0.25, 0.3) is 0 Å². The zero-order valence-electron chi connectivity index (χ0n) is 24.6. The van der Waals surface area contributed by atoms with Crippen molar-refractivity contribution in [2.75, 3.05) is 6.54 Å². The van der Waals surface area contributed by atoms with Crippen LogP contribution in [-0.2, 0) is 19.1 Å². The molecule has 3 heterocycles. The molecule has 42 heavy (non-hydrogen) atoms. The zero-order valence-corrected chi connectivity index (χ0v) is 24.6. The lowest BCUT2D eigenvalue weighted by atomic mass is 10.0. The molecular weight excluding hydrogens is 540 g/mol. The molecule has 1 saturated heterocycles. The lowest BCUT2D eigenvalue weighted by molar-refractivity contribution is -0.145. The molecule has 2 fully saturated rings. The normalized spacial score (nSPS) is 29.5. The van der Waals surface area contributed by atoms with Crippen molar-refractivity contribution < 1.29 is 29.0 Å². The number of benzene rings is 1. The number of carbonyl (C=O) groups is 4. The maximum absolute atomic E-state index is 14.1. The van der Waals surface area contributed by atoms with Gasteiger partial charge in [0.1, 0.15) is 34.3 Å². The fourth-order valence-electron chi connectivity index (χ4n) is 5.95. The van der Waals surface area contributed by atoms with Gasteiger partial charge in [-0.1, -0.05) is 37.1 Å². The van der Waals surface area contributed by atoms with E-state index in [1.165, 1.54) is 4.90 Å². The maximum Gasteiger partial charge on any atom is 0.408 e. The third kappa shape index (κ3) is 6.12. The van der Waals surface area contributed by atoms with Crippen molar-refractivity contribution in [1.29, 1.82) is 0 Å². The molecule has 0 spiro atoms. The van der Waals surface area contributed by atoms with Crippen LogP contribution in [0.15, 0.2) is 30.4 Å². The predicted octanol–water partition coefficient (Wildman–Crippen LogP) is 3.25. The molecule has 3 N–H and O–H groups in total. The summed E-state index contributed by atoms with van der Waals surface area (Å²) < 4.78 is 5.44. The number of allylic oxidation sites excluding steroid dienone is 1. The molecule has 0 radical (unpaired) electrons. The molecule has 226 valence electrons. The van der Waals surface area contributed by atoms with Crippen LogP contribution in [0.5, 0.6) is 0 Å². The van der Waals surface area contributed by atoms with Crippen LogP contribution in [0, 0.1) is 12.8 Å². The highest BCUT2D eigenvalue weighted by Gasteiger charge is 2.61. The number of rotatable bonds is 3. The van der Waals surface area contributed by atoms with Crippen LogP contribution in [0.3, 0.4) is 0 Å². The number of fused-ring (bicyclic) bond motifs is 3. The predicted molar refractivity (Wildman–Crippen MR) is 153 cm³/mol. The first-order valence-electron chi connectivity index (χ1n) is 14.7. The smallest absolute Gasteiger partial charge is 0.408 e. The van der Waals surface area contributed by atoms with Gasteiger partial charge in [-0.05, 0) is 65.0 Å². The number of ether oxygens (including phenoxy) is 1. The number of aromatic nitrogens is 3. The maximum atomic E-state index is 14.1. The van der Waals surface area contributed by atoms with Gasteiger partial charge in [-0.2, -0.15) is 15.0 Å². The Kier molecular flexibility index (Phi) is 8.00. The molecule has 3 amide bonds. The molecule has 1 aromatic heterocycles. The Labute approximate surface area is 244 Å². The van der Waals surface area contributed by atoms with Crippen molar-refractivity contribution >= 4 is 34.9 Å². The van der Waals surface area contributed by atoms with E-state index in [1.807, 2.05) is 37.3 Å². The van der Waals surface area contributed by atoms with E-state index in [0.717, 1.165) is 30.3 Å². The summed E-state index contributed by atoms with van der Waals surface area (Å²) in [6, 6.07) is 3.39. The lowest BCUT2D eigenvalue weighted by Crippen LogP contribution is -2.56. The highest BCUT2D eigenvalue weighted by Crippen LogP contribution is 2.45. The quantitative estimate of drug-likeness (QED) is 0.467. The van der Waals surface area contributed by atoms with Crippen molar-refractivity contribution in [3.63, 3.8) is 0 Å². The third-order valence-electron chi connectivity index (χ3n) is 8.28. The summed E-state index contributed by atoms with van der Waals surface area (Å²) in [6.07, 6.45) is 7.14. The molecule has 0 bridgehead atoms. The molecule has 12 heteroatoms. The number of carbonyl (C=O) groups excluding carboxylic acids is 3. The molecule has 12 nitrogen and oxygen atoms in total. The topological polar surface area (TPSA) is 156 Å². The van der Waals surface area contributed by atoms with Gasteiger partial charge in [-0.25, -0.2) is 9.59 Å². The minimum absolute atomic E-state index is 0.132. The molecule has 2 aromatic rings. The standard InChI is InChI=1S/C30H40N6O6/c1-18-11-10-14-21-24(18)34-36(33-21)20-15-23-25(37)32-30(27(39)40)16-19(30)12-8-6-5-7-9-13-22(26(38)35(23)17-20)31-28(41)42-29(2,3)4/h8,10-12,14,19-20,22-23H,5-7,9,13,15-17H2,1-4H3,(H,31,41)(H,32,37)(H,39,40)/b12-8-/t19-,20-,22-,23-,30+/m0/s1. The first-order chi connectivity index (χ1) is 19.9. The van der Waals surface area contributed by atoms with Crippen LogP contribution in [0.2, 0.25) is 0 Å². The Morgan fingerprint density at radius 3 is 2.67 bits per heavy atom. The van der Waals surface area contributed by atoms with Crippen LogP contribution >= 0.6 is 0 Å². The van der Waals surface area contributed by atoms with Crippen LogP contribution in [0.25, 0.3) is 11.0 Å². The first kappa shape index (κ1) is 29.5. The Morgan fingerprint density at radius 1 is 1.17 bits per heavy atom. The Bertz CT molecular complexity index is 1410. The first-order valence-corrected chi connectivity index (χ1v) is 14.7. The van der Waals surface area contributed by atoms with E-state index in [2.05, 4.69) is 20.8 Å². The van der Waals surface area contributed by atoms with Crippen LogP contribution < -0.4 is 10.6 Å². The summed E-state index contributed by atoms with van der Waals surface area (Å²) >= 11 is 0. The van der Waals surface area contributed by atoms with Crippen molar-refractivity contribution in [2.45, 2.75) is 102 Å². The number of alkyl carbamates (subject to hydrolysis) is 1. The fourth-order valence-corrected chi connectivity index (χ4v) is 5.95. The summed E-state index contributed by atoms with van der Waals surface area (Å²) in [5.41, 5.74) is 0.248. The van der Waals surface area contributed by atoms with E-state index in [4.69, 9.17) is 4.74 Å². The SMILES string of the molecule is Cc1cccc2nn([C@H]3C[C@H]4C(=O)N[C@]5(C(=O)O)C[C@@H]5/C=C\CCCCC[C@H](NC(=O)OC(C)(C)C)C(=O)N4C3)nc12. The number of carboxylic acids is 1. The van der Waals surface area contributed by atoms with Crippen molar-refractivity contribution in [2.24, 2.45) is 5.92 Å². The Morgan fingerprint density at radius 2 is 1.95 bits per heavy atom. The van der Waals surface area contributed by atoms with Gasteiger partial charge in [0, 0.05) is 18.9 Å². The average Bonchev–Trinajstić information content (AvgIpc) is 3.23. The number of aliphatic carboxylic acids is 1. The molecule has 2 aliphatic heterocycles. The Balaban J connectivity index is 1.47. The largest absolute Gasteiger partial charge is 0.479 e. The van der Waals surface area contributed by atoms with E-state index < -0.39 is 53.1 Å². The highest BCUT2D eigenvalue weighted by atomic mass is 16.6. The van der Waals surface area contributed by atoms with E-state index in [1.54, 1.807) is 25.6 Å². The number of aryl methyl sites for hydroxylation is 1. The van der Waals surface area contributed by atoms with Crippen molar-refractivity contribution in [1.82, 2.24) is 30.5 Å². The van der Waals surface area contributed by atoms with Gasteiger partial charge < -0.3 is 25.4 Å². The van der Waals surface area contributed by atoms with Crippen LogP contribution in [0.1, 0.15) is 77.3 Å². The number of nitrogens with one attached hydrogen (secondary N) is 2. The summed E-state index contributed by atoms with van der Waals surface area (Å²) in [4.78, 5) is 56.0. The van der Waals surface area contributed by atoms with Gasteiger partial charge in [0.05, 0.1) is 6.04 Å². The second kappa shape index (κ2) is 11.4. The minimum Gasteiger partial charge on any atom is -0.479 e. The molecule has 1 aromatic carbocycles. The number of nitrogens with zero attached hydrogens (tertiary/aromatic N) is 4. The molecule has 5 rings (SSSR count). The van der Waals surface area contributed by atoms with E-state index in [9.17, 15) is 24.3 Å². The number of carboxylic acid groups (broad SMARTS) is 1. The van der Waals surface area contributed by atoms with Crippen molar-refractivity contribution in [3.8, 4) is 0 Å². The highest BCUT2D eigenvalue weighted by molar-refractivity contribution is 5.96. The summed E-state index contributed by atoms with van der Waals surface area (Å²) in [5, 5.41) is 24.9. The van der Waals surface area contributed by atoms with E-state index in [-0.39, 0.29) is 18.9 Å². The number of hydrogen-bond acceptors (Lipinski definition) is 7. The summed E-state index contributed by atoms with van der Waals surface area (Å²) in [7, 11) is 0. The Hall–Kier alpha value is -3.96. The zero-order chi connectivity index (χ0) is 30.2. The van der Waals surface area contributed by atoms with Gasteiger partial charge in [-0.3, -0.25) is 9.59 Å². The van der Waals surface area contributed by atoms with Gasteiger partial charge in [0.15, 0.2) is 0 Å². The number of amides is 3. The van der Waals surface area contributed by atoms with Gasteiger partial charge >= 0.3 is 12.1 Å². The molecule has 5 atom stereocenters. The average molecular weight is 581 g/mol. The third-order valence-corrected chi connectivity index (χ3v) is 8.28. The fraction of sp³-hybridized carbons (Fsp3) is 0.600. The minimum atomic E-state index is -1.40. The molecule has 3 aliphatic rings. The molecule has 1 saturated carbocycles. The van der Waals surface area contributed by atoms with Crippen LogP contribution in [0.4, 0.5) is 4.79 Å².